The molecule has 3 nitrogen and oxygen atoms in total. The van der Waals surface area contributed by atoms with Crippen LogP contribution in [0, 0.1) is 6.92 Å². The van der Waals surface area contributed by atoms with Crippen LogP contribution in [0.25, 0.3) is 0 Å². The normalized spacial score (nSPS) is 14.5. The van der Waals surface area contributed by atoms with Gasteiger partial charge < -0.3 is 10.2 Å². The van der Waals surface area contributed by atoms with Crippen LogP contribution in [0.3, 0.4) is 0 Å². The van der Waals surface area contributed by atoms with E-state index in [4.69, 9.17) is 10.2 Å². The van der Waals surface area contributed by atoms with E-state index in [-0.39, 0.29) is 12.1 Å². The molecule has 0 aliphatic carbocycles. The second-order valence-electron chi connectivity index (χ2n) is 5.27. The van der Waals surface area contributed by atoms with Crippen LogP contribution < -0.4 is 5.73 Å². The third-order valence-electron chi connectivity index (χ3n) is 3.57. The number of nitrogens with zero attached hydrogens (tertiary/aromatic N) is 1. The fraction of sp³-hybridized carbons (Fsp3) is 0.375. The second-order valence-corrected chi connectivity index (χ2v) is 6.19. The Hall–Kier alpha value is -1.10. The molecule has 4 heteroatoms. The van der Waals surface area contributed by atoms with Crippen LogP contribution in [0.15, 0.2) is 45.5 Å². The summed E-state index contributed by atoms with van der Waals surface area (Å²) in [6, 6.07) is 10.6. The minimum absolute atomic E-state index is 0.0494. The molecular weight excluding hydrogens is 316 g/mol. The van der Waals surface area contributed by atoms with Crippen LogP contribution in [0.1, 0.15) is 29.9 Å². The Labute approximate surface area is 128 Å². The number of hydrogen-bond donors (Lipinski definition) is 1. The summed E-state index contributed by atoms with van der Waals surface area (Å²) in [4.78, 5) is 2.27. The van der Waals surface area contributed by atoms with Crippen molar-refractivity contribution in [2.45, 2.75) is 32.5 Å². The maximum absolute atomic E-state index is 6.20. The van der Waals surface area contributed by atoms with Crippen molar-refractivity contribution in [3.63, 3.8) is 0 Å². The maximum atomic E-state index is 6.20. The molecule has 2 atom stereocenters. The van der Waals surface area contributed by atoms with Gasteiger partial charge in [-0.15, -0.1) is 0 Å². The minimum atomic E-state index is 0.0494. The van der Waals surface area contributed by atoms with Gasteiger partial charge in [0.15, 0.2) is 0 Å². The number of rotatable bonds is 5. The molecule has 108 valence electrons. The van der Waals surface area contributed by atoms with Crippen LogP contribution in [-0.4, -0.2) is 18.0 Å². The van der Waals surface area contributed by atoms with E-state index >= 15 is 0 Å². The first-order valence-corrected chi connectivity index (χ1v) is 7.52. The topological polar surface area (TPSA) is 42.4 Å². The zero-order valence-corrected chi connectivity index (χ0v) is 13.7. The first kappa shape index (κ1) is 15.3. The van der Waals surface area contributed by atoms with E-state index in [1.54, 1.807) is 6.26 Å². The SMILES string of the molecule is Cc1occc1CN(C)C(c1ccc(Br)cc1)C(C)N. The van der Waals surface area contributed by atoms with E-state index in [0.29, 0.717) is 0 Å². The molecule has 2 rings (SSSR count). The van der Waals surface area contributed by atoms with Gasteiger partial charge in [-0.1, -0.05) is 28.1 Å². The van der Waals surface area contributed by atoms with E-state index in [9.17, 15) is 0 Å². The summed E-state index contributed by atoms with van der Waals surface area (Å²) in [5.74, 6) is 0.969. The average molecular weight is 337 g/mol. The van der Waals surface area contributed by atoms with E-state index in [1.165, 1.54) is 11.1 Å². The molecule has 0 spiro atoms. The summed E-state index contributed by atoms with van der Waals surface area (Å²) in [7, 11) is 2.10. The van der Waals surface area contributed by atoms with Crippen molar-refractivity contribution >= 4 is 15.9 Å². The lowest BCUT2D eigenvalue weighted by molar-refractivity contribution is 0.210. The Balaban J connectivity index is 2.20. The van der Waals surface area contributed by atoms with Gasteiger partial charge in [0, 0.05) is 28.7 Å². The largest absolute Gasteiger partial charge is 0.469 e. The van der Waals surface area contributed by atoms with E-state index in [1.807, 2.05) is 19.9 Å². The maximum Gasteiger partial charge on any atom is 0.105 e. The van der Waals surface area contributed by atoms with E-state index in [2.05, 4.69) is 52.1 Å². The molecule has 0 aliphatic heterocycles. The van der Waals surface area contributed by atoms with E-state index < -0.39 is 0 Å². The van der Waals surface area contributed by atoms with Crippen LogP contribution >= 0.6 is 15.9 Å². The van der Waals surface area contributed by atoms with Crippen molar-refractivity contribution in [2.75, 3.05) is 7.05 Å². The molecule has 2 aromatic rings. The third kappa shape index (κ3) is 3.51. The van der Waals surface area contributed by atoms with Gasteiger partial charge in [0.25, 0.3) is 0 Å². The quantitative estimate of drug-likeness (QED) is 0.901. The van der Waals surface area contributed by atoms with Crippen LogP contribution in [-0.2, 0) is 6.54 Å². The zero-order chi connectivity index (χ0) is 14.7. The fourth-order valence-electron chi connectivity index (χ4n) is 2.56. The van der Waals surface area contributed by atoms with Crippen molar-refractivity contribution in [3.05, 3.63) is 58.0 Å². The molecule has 0 aliphatic rings. The molecular formula is C16H21BrN2O. The molecule has 2 unspecified atom stereocenters. The molecule has 0 radical (unpaired) electrons. The van der Waals surface area contributed by atoms with Gasteiger partial charge in [0.1, 0.15) is 5.76 Å². The Kier molecular flexibility index (Phi) is 5.02. The molecule has 1 heterocycles. The van der Waals surface area contributed by atoms with Crippen molar-refractivity contribution in [1.82, 2.24) is 4.90 Å². The molecule has 1 aromatic heterocycles. The Morgan fingerprint density at radius 3 is 2.40 bits per heavy atom. The number of likely N-dealkylation sites (N-methyl/N-ethyl adjacent to an activating group) is 1. The number of benzene rings is 1. The Morgan fingerprint density at radius 2 is 1.90 bits per heavy atom. The number of hydrogen-bond acceptors (Lipinski definition) is 3. The van der Waals surface area contributed by atoms with E-state index in [0.717, 1.165) is 16.8 Å². The highest BCUT2D eigenvalue weighted by molar-refractivity contribution is 9.10. The average Bonchev–Trinajstić information content (AvgIpc) is 2.77. The van der Waals surface area contributed by atoms with Gasteiger partial charge in [-0.25, -0.2) is 0 Å². The molecule has 0 fully saturated rings. The van der Waals surface area contributed by atoms with Crippen molar-refractivity contribution in [3.8, 4) is 0 Å². The monoisotopic (exact) mass is 336 g/mol. The van der Waals surface area contributed by atoms with Crippen molar-refractivity contribution < 1.29 is 4.42 Å². The lowest BCUT2D eigenvalue weighted by Crippen LogP contribution is -2.37. The lowest BCUT2D eigenvalue weighted by atomic mass is 9.99. The molecule has 1 aromatic carbocycles. The summed E-state index contributed by atoms with van der Waals surface area (Å²) < 4.78 is 6.44. The summed E-state index contributed by atoms with van der Waals surface area (Å²) in [5.41, 5.74) is 8.63. The van der Waals surface area contributed by atoms with Gasteiger partial charge in [0.2, 0.25) is 0 Å². The molecule has 0 saturated carbocycles. The predicted octanol–water partition coefficient (Wildman–Crippen LogP) is 3.87. The molecule has 2 N–H and O–H groups in total. The van der Waals surface area contributed by atoms with Crippen molar-refractivity contribution in [2.24, 2.45) is 5.73 Å². The van der Waals surface area contributed by atoms with Crippen LogP contribution in [0.5, 0.6) is 0 Å². The van der Waals surface area contributed by atoms with Gasteiger partial charge in [0.05, 0.1) is 6.26 Å². The second kappa shape index (κ2) is 6.57. The highest BCUT2D eigenvalue weighted by Gasteiger charge is 2.22. The first-order valence-electron chi connectivity index (χ1n) is 6.73. The Morgan fingerprint density at radius 1 is 1.25 bits per heavy atom. The zero-order valence-electron chi connectivity index (χ0n) is 12.1. The summed E-state index contributed by atoms with van der Waals surface area (Å²) >= 11 is 3.47. The molecule has 0 saturated heterocycles. The summed E-state index contributed by atoms with van der Waals surface area (Å²) in [6.45, 7) is 4.86. The number of halogens is 1. The standard InChI is InChI=1S/C16H21BrN2O/c1-11(18)16(13-4-6-15(17)7-5-13)19(3)10-14-8-9-20-12(14)2/h4-9,11,16H,10,18H2,1-3H3. The molecule has 0 amide bonds. The van der Waals surface area contributed by atoms with Gasteiger partial charge >= 0.3 is 0 Å². The van der Waals surface area contributed by atoms with Crippen molar-refractivity contribution in [1.29, 1.82) is 0 Å². The minimum Gasteiger partial charge on any atom is -0.469 e. The lowest BCUT2D eigenvalue weighted by Gasteiger charge is -2.31. The Bertz CT molecular complexity index is 548. The predicted molar refractivity (Wildman–Crippen MR) is 85.4 cm³/mol. The highest BCUT2D eigenvalue weighted by atomic mass is 79.9. The fourth-order valence-corrected chi connectivity index (χ4v) is 2.83. The molecule has 0 bridgehead atoms. The van der Waals surface area contributed by atoms with Gasteiger partial charge in [-0.3, -0.25) is 4.90 Å². The smallest absolute Gasteiger partial charge is 0.105 e. The molecule has 20 heavy (non-hydrogen) atoms. The van der Waals surface area contributed by atoms with Crippen LogP contribution in [0.4, 0.5) is 0 Å². The summed E-state index contributed by atoms with van der Waals surface area (Å²) in [5, 5.41) is 0. The number of furan rings is 1. The highest BCUT2D eigenvalue weighted by Crippen LogP contribution is 2.26. The summed E-state index contributed by atoms with van der Waals surface area (Å²) in [6.07, 6.45) is 1.74. The first-order chi connectivity index (χ1) is 9.49. The van der Waals surface area contributed by atoms with Gasteiger partial charge in [-0.2, -0.15) is 0 Å². The van der Waals surface area contributed by atoms with Crippen LogP contribution in [0.2, 0.25) is 0 Å². The van der Waals surface area contributed by atoms with Gasteiger partial charge in [-0.05, 0) is 44.7 Å². The third-order valence-corrected chi connectivity index (χ3v) is 4.10. The number of nitrogens with two attached hydrogens (primary N) is 1. The number of aryl methyl sites for hydroxylation is 1.